The molecule has 2 heterocycles. The zero-order chi connectivity index (χ0) is 19.5. The number of carbonyl (C=O) groups is 2. The highest BCUT2D eigenvalue weighted by Gasteiger charge is 2.32. The van der Waals surface area contributed by atoms with E-state index >= 15 is 0 Å². The summed E-state index contributed by atoms with van der Waals surface area (Å²) in [5.74, 6) is 0.231. The number of nitrogens with one attached hydrogen (secondary N) is 1. The number of nitrogens with zero attached hydrogens (tertiary/aromatic N) is 3. The SMILES string of the molecule is C=C1c2ccccc2C(=O)N1CC(=O)Nc1nnc(SCc2ccccc2)s1. The Kier molecular flexibility index (Phi) is 5.23. The van der Waals surface area contributed by atoms with Gasteiger partial charge in [0.1, 0.15) is 6.54 Å². The summed E-state index contributed by atoms with van der Waals surface area (Å²) >= 11 is 2.87. The Hall–Kier alpha value is -2.97. The van der Waals surface area contributed by atoms with Crippen molar-refractivity contribution in [3.8, 4) is 0 Å². The molecule has 0 unspecified atom stereocenters. The molecule has 0 bridgehead atoms. The Morgan fingerprint density at radius 1 is 1.07 bits per heavy atom. The van der Waals surface area contributed by atoms with Crippen molar-refractivity contribution in [1.82, 2.24) is 15.1 Å². The van der Waals surface area contributed by atoms with E-state index in [0.29, 0.717) is 16.4 Å². The largest absolute Gasteiger partial charge is 0.299 e. The maximum absolute atomic E-state index is 12.5. The maximum atomic E-state index is 12.5. The molecule has 0 radical (unpaired) electrons. The minimum Gasteiger partial charge on any atom is -0.299 e. The molecule has 8 heteroatoms. The van der Waals surface area contributed by atoms with Gasteiger partial charge >= 0.3 is 0 Å². The second kappa shape index (κ2) is 7.95. The summed E-state index contributed by atoms with van der Waals surface area (Å²) in [5, 5.41) is 11.2. The zero-order valence-electron chi connectivity index (χ0n) is 14.8. The fraction of sp³-hybridized carbons (Fsp3) is 0.100. The monoisotopic (exact) mass is 408 g/mol. The summed E-state index contributed by atoms with van der Waals surface area (Å²) in [5.41, 5.74) is 3.05. The minimum atomic E-state index is -0.335. The lowest BCUT2D eigenvalue weighted by Gasteiger charge is -2.16. The Bertz CT molecular complexity index is 1010. The topological polar surface area (TPSA) is 75.2 Å². The molecule has 3 aromatic rings. The minimum absolute atomic E-state index is 0.113. The summed E-state index contributed by atoms with van der Waals surface area (Å²) in [6, 6.07) is 17.3. The van der Waals surface area contributed by atoms with Gasteiger partial charge in [0.05, 0.1) is 0 Å². The number of rotatable bonds is 6. The maximum Gasteiger partial charge on any atom is 0.259 e. The van der Waals surface area contributed by atoms with Crippen LogP contribution in [0.25, 0.3) is 5.70 Å². The molecule has 1 aliphatic rings. The third-order valence-electron chi connectivity index (χ3n) is 4.20. The quantitative estimate of drug-likeness (QED) is 0.495. The van der Waals surface area contributed by atoms with Gasteiger partial charge in [0.2, 0.25) is 11.0 Å². The number of amides is 2. The molecule has 140 valence electrons. The van der Waals surface area contributed by atoms with Crippen LogP contribution in [0.3, 0.4) is 0 Å². The summed E-state index contributed by atoms with van der Waals surface area (Å²) in [7, 11) is 0. The fourth-order valence-electron chi connectivity index (χ4n) is 2.84. The van der Waals surface area contributed by atoms with Gasteiger partial charge in [-0.1, -0.05) is 78.2 Å². The second-order valence-corrected chi connectivity index (χ2v) is 8.28. The van der Waals surface area contributed by atoms with Crippen LogP contribution in [0.1, 0.15) is 21.5 Å². The lowest BCUT2D eigenvalue weighted by atomic mass is 10.1. The van der Waals surface area contributed by atoms with Crippen molar-refractivity contribution in [2.45, 2.75) is 10.1 Å². The molecule has 4 rings (SSSR count). The highest BCUT2D eigenvalue weighted by Crippen LogP contribution is 2.31. The van der Waals surface area contributed by atoms with Crippen molar-refractivity contribution < 1.29 is 9.59 Å². The van der Waals surface area contributed by atoms with Crippen molar-refractivity contribution in [2.24, 2.45) is 0 Å². The molecule has 0 saturated carbocycles. The average molecular weight is 409 g/mol. The van der Waals surface area contributed by atoms with Crippen molar-refractivity contribution >= 4 is 45.7 Å². The standard InChI is InChI=1S/C20H16N4O2S2/c1-13-15-9-5-6-10-16(15)18(26)24(13)11-17(25)21-19-22-23-20(28-19)27-12-14-7-3-2-4-8-14/h2-10H,1,11-12H2,(H,21,22,25). The van der Waals surface area contributed by atoms with Crippen LogP contribution in [0.15, 0.2) is 65.5 Å². The van der Waals surface area contributed by atoms with Gasteiger partial charge in [-0.05, 0) is 11.6 Å². The predicted octanol–water partition coefficient (Wildman–Crippen LogP) is 3.90. The summed E-state index contributed by atoms with van der Waals surface area (Å²) < 4.78 is 0.771. The third kappa shape index (κ3) is 3.83. The summed E-state index contributed by atoms with van der Waals surface area (Å²) in [4.78, 5) is 26.2. The molecule has 0 spiro atoms. The van der Waals surface area contributed by atoms with E-state index in [1.807, 2.05) is 30.3 Å². The fourth-order valence-corrected chi connectivity index (χ4v) is 4.57. The van der Waals surface area contributed by atoms with Crippen LogP contribution < -0.4 is 5.32 Å². The van der Waals surface area contributed by atoms with Crippen LogP contribution in [0, 0.1) is 0 Å². The molecule has 0 atom stereocenters. The van der Waals surface area contributed by atoms with Gasteiger partial charge in [-0.3, -0.25) is 19.8 Å². The number of fused-ring (bicyclic) bond motifs is 1. The first-order chi connectivity index (χ1) is 13.6. The normalized spacial score (nSPS) is 12.9. The van der Waals surface area contributed by atoms with Crippen LogP contribution >= 0.6 is 23.1 Å². The van der Waals surface area contributed by atoms with Gasteiger partial charge in [-0.25, -0.2) is 0 Å². The van der Waals surface area contributed by atoms with Crippen LogP contribution in [0.2, 0.25) is 0 Å². The van der Waals surface area contributed by atoms with E-state index in [2.05, 4.69) is 34.2 Å². The molecular formula is C20H16N4O2S2. The number of aromatic nitrogens is 2. The first-order valence-corrected chi connectivity index (χ1v) is 10.3. The van der Waals surface area contributed by atoms with Crippen LogP contribution in [0.4, 0.5) is 5.13 Å². The molecule has 0 aliphatic carbocycles. The van der Waals surface area contributed by atoms with Gasteiger partial charge in [0.25, 0.3) is 5.91 Å². The third-order valence-corrected chi connectivity index (χ3v) is 6.24. The number of hydrogen-bond acceptors (Lipinski definition) is 6. The Morgan fingerprint density at radius 3 is 2.54 bits per heavy atom. The highest BCUT2D eigenvalue weighted by molar-refractivity contribution is 8.00. The molecule has 2 amide bonds. The molecule has 0 saturated heterocycles. The molecule has 1 aliphatic heterocycles. The first kappa shape index (κ1) is 18.4. The molecule has 2 aromatic carbocycles. The van der Waals surface area contributed by atoms with Crippen LogP contribution in [0.5, 0.6) is 0 Å². The molecule has 1 N–H and O–H groups in total. The Balaban J connectivity index is 1.34. The van der Waals surface area contributed by atoms with Crippen LogP contribution in [-0.2, 0) is 10.5 Å². The summed E-state index contributed by atoms with van der Waals surface area (Å²) in [6.45, 7) is 3.83. The number of carbonyl (C=O) groups excluding carboxylic acids is 2. The van der Waals surface area contributed by atoms with E-state index in [1.54, 1.807) is 23.9 Å². The Labute approximate surface area is 170 Å². The molecule has 1 aromatic heterocycles. The number of hydrogen-bond donors (Lipinski definition) is 1. The van der Waals surface area contributed by atoms with Crippen molar-refractivity contribution in [1.29, 1.82) is 0 Å². The van der Waals surface area contributed by atoms with Gasteiger partial charge in [-0.2, -0.15) is 0 Å². The van der Waals surface area contributed by atoms with E-state index in [4.69, 9.17) is 0 Å². The van der Waals surface area contributed by atoms with Gasteiger partial charge < -0.3 is 0 Å². The van der Waals surface area contributed by atoms with E-state index in [9.17, 15) is 9.59 Å². The van der Waals surface area contributed by atoms with Gasteiger partial charge in [-0.15, -0.1) is 10.2 Å². The number of thioether (sulfide) groups is 1. The Morgan fingerprint density at radius 2 is 1.79 bits per heavy atom. The molecule has 28 heavy (non-hydrogen) atoms. The van der Waals surface area contributed by atoms with Gasteiger partial charge in [0.15, 0.2) is 4.34 Å². The second-order valence-electron chi connectivity index (χ2n) is 6.08. The molecule has 0 fully saturated rings. The lowest BCUT2D eigenvalue weighted by Crippen LogP contribution is -2.32. The van der Waals surface area contributed by atoms with E-state index in [1.165, 1.54) is 21.8 Å². The van der Waals surface area contributed by atoms with Crippen molar-refractivity contribution in [3.05, 3.63) is 77.9 Å². The van der Waals surface area contributed by atoms with Crippen molar-refractivity contribution in [3.63, 3.8) is 0 Å². The number of benzene rings is 2. The molecular weight excluding hydrogens is 392 g/mol. The van der Waals surface area contributed by atoms with Crippen molar-refractivity contribution in [2.75, 3.05) is 11.9 Å². The predicted molar refractivity (Wildman–Crippen MR) is 111 cm³/mol. The van der Waals surface area contributed by atoms with E-state index in [-0.39, 0.29) is 18.4 Å². The van der Waals surface area contributed by atoms with E-state index in [0.717, 1.165) is 15.7 Å². The zero-order valence-corrected chi connectivity index (χ0v) is 16.4. The van der Waals surface area contributed by atoms with Gasteiger partial charge in [0, 0.05) is 22.6 Å². The molecule has 6 nitrogen and oxygen atoms in total. The lowest BCUT2D eigenvalue weighted by molar-refractivity contribution is -0.116. The first-order valence-electron chi connectivity index (χ1n) is 8.52. The van der Waals surface area contributed by atoms with Crippen LogP contribution in [-0.4, -0.2) is 33.5 Å². The van der Waals surface area contributed by atoms with E-state index < -0.39 is 0 Å². The smallest absolute Gasteiger partial charge is 0.259 e. The summed E-state index contributed by atoms with van der Waals surface area (Å²) in [6.07, 6.45) is 0. The number of anilines is 1. The highest BCUT2D eigenvalue weighted by atomic mass is 32.2. The average Bonchev–Trinajstić information content (AvgIpc) is 3.26.